The van der Waals surface area contributed by atoms with E-state index in [9.17, 15) is 9.59 Å². The monoisotopic (exact) mass is 569 g/mol. The topological polar surface area (TPSA) is 54.7 Å². The molecule has 2 aromatic carbocycles. The summed E-state index contributed by atoms with van der Waals surface area (Å²) in [6, 6.07) is 18.3. The number of rotatable bonds is 5. The zero-order valence-corrected chi connectivity index (χ0v) is 22.7. The molecule has 0 atom stereocenters. The molecule has 1 aliphatic rings. The van der Waals surface area contributed by atoms with Crippen LogP contribution in [-0.4, -0.2) is 24.5 Å². The molecule has 1 aliphatic heterocycles. The molecule has 1 saturated heterocycles. The van der Waals surface area contributed by atoms with Gasteiger partial charge in [-0.2, -0.15) is 0 Å². The summed E-state index contributed by atoms with van der Waals surface area (Å²) in [6.07, 6.45) is 3.33. The number of fused-ring (bicyclic) bond motifs is 1. The lowest BCUT2D eigenvalue weighted by Crippen LogP contribution is -2.27. The van der Waals surface area contributed by atoms with Gasteiger partial charge < -0.3 is 0 Å². The number of amides is 1. The number of nitrogens with zero attached hydrogens (tertiary/aromatic N) is 3. The van der Waals surface area contributed by atoms with E-state index in [1.54, 1.807) is 36.5 Å². The quantitative estimate of drug-likeness (QED) is 0.148. The molecule has 0 spiro atoms. The second-order valence-electron chi connectivity index (χ2n) is 7.99. The Hall–Kier alpha value is -2.62. The first-order chi connectivity index (χ1) is 17.3. The maximum absolute atomic E-state index is 13.6. The van der Waals surface area contributed by atoms with Gasteiger partial charge in [0.25, 0.3) is 11.5 Å². The number of benzene rings is 2. The van der Waals surface area contributed by atoms with Gasteiger partial charge in [-0.1, -0.05) is 83.2 Å². The van der Waals surface area contributed by atoms with Crippen molar-refractivity contribution in [3.05, 3.63) is 109 Å². The maximum Gasteiger partial charge on any atom is 0.266 e. The van der Waals surface area contributed by atoms with Gasteiger partial charge in [0, 0.05) is 21.1 Å². The highest BCUT2D eigenvalue weighted by atomic mass is 35.5. The van der Waals surface area contributed by atoms with E-state index in [0.29, 0.717) is 35.5 Å². The van der Waals surface area contributed by atoms with Crippen molar-refractivity contribution in [2.75, 3.05) is 0 Å². The summed E-state index contributed by atoms with van der Waals surface area (Å²) in [5.74, 6) is -0.277. The molecular formula is C26H17Cl2N3O2S3. The largest absolute Gasteiger partial charge is 0.288 e. The standard InChI is InChI=1S/C26H17Cl2N3O2S3/c1-15-6-11-22-29-23(35-18-9-7-17(27)8-10-18)19(24(32)30(22)13-15)12-21-25(33)31(26(34)36-21)14-16-4-2-3-5-20(16)28/h2-13H,14H2,1H3. The van der Waals surface area contributed by atoms with E-state index < -0.39 is 0 Å². The highest BCUT2D eigenvalue weighted by Gasteiger charge is 2.33. The van der Waals surface area contributed by atoms with E-state index in [0.717, 1.165) is 27.8 Å². The van der Waals surface area contributed by atoms with E-state index in [1.807, 2.05) is 43.3 Å². The molecule has 1 fully saturated rings. The van der Waals surface area contributed by atoms with Crippen LogP contribution in [0.25, 0.3) is 11.7 Å². The van der Waals surface area contributed by atoms with Crippen LogP contribution in [0.4, 0.5) is 0 Å². The average Bonchev–Trinajstić information content (AvgIpc) is 3.12. The summed E-state index contributed by atoms with van der Waals surface area (Å²) in [5, 5.41) is 1.66. The zero-order valence-electron chi connectivity index (χ0n) is 18.8. The molecule has 0 N–H and O–H groups in total. The summed E-state index contributed by atoms with van der Waals surface area (Å²) >= 11 is 20.3. The molecule has 0 aliphatic carbocycles. The molecule has 5 nitrogen and oxygen atoms in total. The van der Waals surface area contributed by atoms with Gasteiger partial charge in [0.1, 0.15) is 15.0 Å². The number of carbonyl (C=O) groups excluding carboxylic acids is 1. The van der Waals surface area contributed by atoms with E-state index in [-0.39, 0.29) is 18.0 Å². The molecule has 5 rings (SSSR count). The van der Waals surface area contributed by atoms with Crippen molar-refractivity contribution in [3.8, 4) is 0 Å². The number of halogens is 2. The van der Waals surface area contributed by atoms with E-state index in [4.69, 9.17) is 40.4 Å². The minimum atomic E-state index is -0.277. The Morgan fingerprint density at radius 1 is 1.06 bits per heavy atom. The Kier molecular flexibility index (Phi) is 7.23. The van der Waals surface area contributed by atoms with Crippen molar-refractivity contribution in [1.29, 1.82) is 0 Å². The van der Waals surface area contributed by atoms with Crippen molar-refractivity contribution in [2.24, 2.45) is 0 Å². The predicted octanol–water partition coefficient (Wildman–Crippen LogP) is 6.86. The summed E-state index contributed by atoms with van der Waals surface area (Å²) in [4.78, 5) is 34.4. The van der Waals surface area contributed by atoms with Crippen LogP contribution in [0.5, 0.6) is 0 Å². The first-order valence-corrected chi connectivity index (χ1v) is 13.5. The van der Waals surface area contributed by atoms with Gasteiger partial charge >= 0.3 is 0 Å². The Morgan fingerprint density at radius 2 is 1.81 bits per heavy atom. The molecule has 180 valence electrons. The summed E-state index contributed by atoms with van der Waals surface area (Å²) in [6.45, 7) is 2.16. The molecular weight excluding hydrogens is 553 g/mol. The third kappa shape index (κ3) is 5.10. The fourth-order valence-corrected chi connectivity index (χ4v) is 6.07. The minimum Gasteiger partial charge on any atom is -0.288 e. The van der Waals surface area contributed by atoms with Gasteiger partial charge in [-0.15, -0.1) is 0 Å². The second-order valence-corrected chi connectivity index (χ2v) is 11.6. The minimum absolute atomic E-state index is 0.252. The lowest BCUT2D eigenvalue weighted by Gasteiger charge is -2.15. The van der Waals surface area contributed by atoms with Gasteiger partial charge in [-0.25, -0.2) is 4.98 Å². The fraction of sp³-hybridized carbons (Fsp3) is 0.0769. The van der Waals surface area contributed by atoms with Crippen LogP contribution in [-0.2, 0) is 11.3 Å². The van der Waals surface area contributed by atoms with Crippen LogP contribution >= 0.6 is 58.9 Å². The number of thioether (sulfide) groups is 1. The van der Waals surface area contributed by atoms with Crippen LogP contribution in [0.15, 0.2) is 86.5 Å². The lowest BCUT2D eigenvalue weighted by molar-refractivity contribution is -0.122. The number of aryl methyl sites for hydroxylation is 1. The van der Waals surface area contributed by atoms with Gasteiger partial charge in [0.05, 0.1) is 17.0 Å². The molecule has 3 heterocycles. The number of thiocarbonyl (C=S) groups is 1. The van der Waals surface area contributed by atoms with Crippen LogP contribution in [0.2, 0.25) is 10.0 Å². The first kappa shape index (κ1) is 25.0. The summed E-state index contributed by atoms with van der Waals surface area (Å²) in [5.41, 5.74) is 2.28. The second kappa shape index (κ2) is 10.4. The van der Waals surface area contributed by atoms with Crippen LogP contribution in [0.3, 0.4) is 0 Å². The van der Waals surface area contributed by atoms with Crippen molar-refractivity contribution < 1.29 is 4.79 Å². The molecule has 0 saturated carbocycles. The van der Waals surface area contributed by atoms with Crippen molar-refractivity contribution in [1.82, 2.24) is 14.3 Å². The van der Waals surface area contributed by atoms with Gasteiger partial charge in [0.15, 0.2) is 0 Å². The Balaban J connectivity index is 1.58. The smallest absolute Gasteiger partial charge is 0.266 e. The van der Waals surface area contributed by atoms with E-state index in [2.05, 4.69) is 0 Å². The number of hydrogen-bond acceptors (Lipinski definition) is 6. The molecule has 0 bridgehead atoms. The molecule has 4 aromatic rings. The Bertz CT molecular complexity index is 1620. The van der Waals surface area contributed by atoms with Crippen LogP contribution in [0.1, 0.15) is 16.7 Å². The normalized spacial score (nSPS) is 14.9. The van der Waals surface area contributed by atoms with Gasteiger partial charge in [-0.05, 0) is 60.5 Å². The zero-order chi connectivity index (χ0) is 25.4. The number of aromatic nitrogens is 2. The summed E-state index contributed by atoms with van der Waals surface area (Å²) in [7, 11) is 0. The SMILES string of the molecule is Cc1ccc2nc(Sc3ccc(Cl)cc3)c(C=C3SC(=S)N(Cc4ccccc4Cl)C3=O)c(=O)n2c1. The van der Waals surface area contributed by atoms with Crippen molar-refractivity contribution in [2.45, 2.75) is 23.4 Å². The Morgan fingerprint density at radius 3 is 2.56 bits per heavy atom. The molecule has 0 radical (unpaired) electrons. The van der Waals surface area contributed by atoms with E-state index >= 15 is 0 Å². The first-order valence-electron chi connectivity index (χ1n) is 10.8. The van der Waals surface area contributed by atoms with E-state index in [1.165, 1.54) is 21.1 Å². The molecule has 1 amide bonds. The van der Waals surface area contributed by atoms with Gasteiger partial charge in [-0.3, -0.25) is 18.9 Å². The average molecular weight is 571 g/mol. The van der Waals surface area contributed by atoms with Crippen molar-refractivity contribution >= 4 is 80.9 Å². The summed E-state index contributed by atoms with van der Waals surface area (Å²) < 4.78 is 1.90. The van der Waals surface area contributed by atoms with Crippen LogP contribution < -0.4 is 5.56 Å². The Labute approximate surface area is 231 Å². The molecule has 36 heavy (non-hydrogen) atoms. The third-order valence-corrected chi connectivity index (χ3v) is 8.44. The number of carbonyl (C=O) groups is 1. The molecule has 0 unspecified atom stereocenters. The van der Waals surface area contributed by atoms with Crippen LogP contribution in [0, 0.1) is 6.92 Å². The highest BCUT2D eigenvalue weighted by Crippen LogP contribution is 2.36. The lowest BCUT2D eigenvalue weighted by atomic mass is 10.2. The third-order valence-electron chi connectivity index (χ3n) is 5.43. The fourth-order valence-electron chi connectivity index (χ4n) is 3.62. The van der Waals surface area contributed by atoms with Gasteiger partial charge in [0.2, 0.25) is 0 Å². The maximum atomic E-state index is 13.6. The predicted molar refractivity (Wildman–Crippen MR) is 152 cm³/mol. The molecule has 10 heteroatoms. The number of hydrogen-bond donors (Lipinski definition) is 0. The highest BCUT2D eigenvalue weighted by molar-refractivity contribution is 8.26. The molecule has 2 aromatic heterocycles. The van der Waals surface area contributed by atoms with Crippen molar-refractivity contribution in [3.63, 3.8) is 0 Å². The number of pyridine rings is 1.